The molecule has 25 heavy (non-hydrogen) atoms. The second-order valence-electron chi connectivity index (χ2n) is 8.36. The molecule has 2 heterocycles. The Kier molecular flexibility index (Phi) is 4.40. The van der Waals surface area contributed by atoms with Gasteiger partial charge in [0.2, 0.25) is 0 Å². The van der Waals surface area contributed by atoms with E-state index in [4.69, 9.17) is 4.74 Å². The van der Waals surface area contributed by atoms with E-state index in [0.717, 1.165) is 25.0 Å². The van der Waals surface area contributed by atoms with Crippen LogP contribution in [-0.2, 0) is 16.1 Å². The highest BCUT2D eigenvalue weighted by atomic mass is 16.6. The van der Waals surface area contributed by atoms with Gasteiger partial charge in [-0.15, -0.1) is 0 Å². The number of pyridine rings is 1. The van der Waals surface area contributed by atoms with E-state index in [1.165, 1.54) is 18.4 Å². The van der Waals surface area contributed by atoms with Gasteiger partial charge in [-0.25, -0.2) is 0 Å². The van der Waals surface area contributed by atoms with E-state index in [1.807, 2.05) is 18.2 Å². The predicted molar refractivity (Wildman–Crippen MR) is 96.6 cm³/mol. The maximum absolute atomic E-state index is 12.5. The van der Waals surface area contributed by atoms with E-state index in [1.54, 1.807) is 6.20 Å². The van der Waals surface area contributed by atoms with Crippen LogP contribution in [-0.4, -0.2) is 23.6 Å². The lowest BCUT2D eigenvalue weighted by molar-refractivity contribution is -0.146. The average molecular weight is 340 g/mol. The number of hydrogen-bond donors (Lipinski definition) is 1. The Morgan fingerprint density at radius 1 is 1.44 bits per heavy atom. The summed E-state index contributed by atoms with van der Waals surface area (Å²) < 4.78 is 5.81. The van der Waals surface area contributed by atoms with E-state index < -0.39 is 0 Å². The Morgan fingerprint density at radius 3 is 3.12 bits per heavy atom. The average Bonchev–Trinajstić information content (AvgIpc) is 2.88. The molecule has 2 saturated carbocycles. The molecule has 2 aliphatic carbocycles. The van der Waals surface area contributed by atoms with Gasteiger partial charge in [0.05, 0.1) is 11.6 Å². The minimum Gasteiger partial charge on any atom is -0.462 e. The summed E-state index contributed by atoms with van der Waals surface area (Å²) in [5.74, 6) is 0.830. The number of carbonyl (C=O) groups excluding carboxylic acids is 1. The summed E-state index contributed by atoms with van der Waals surface area (Å²) in [6, 6.07) is 5.90. The van der Waals surface area contributed by atoms with E-state index in [0.29, 0.717) is 24.9 Å². The molecule has 1 aromatic rings. The highest BCUT2D eigenvalue weighted by molar-refractivity contribution is 5.75. The van der Waals surface area contributed by atoms with Crippen LogP contribution < -0.4 is 5.32 Å². The second kappa shape index (κ2) is 6.56. The molecule has 0 bridgehead atoms. The van der Waals surface area contributed by atoms with Crippen LogP contribution in [0.25, 0.3) is 0 Å². The Bertz CT molecular complexity index is 659. The standard InChI is InChI=1S/C21H28N2O2/c1-14-6-5-8-21(2)11-19-16(10-18(14)21)17(20(24)25-19)13-22-12-15-7-3-4-9-23-15/h3-4,7,9,16-19,22H,1,5-6,8,10-13H2,2H3. The molecule has 5 atom stereocenters. The molecular weight excluding hydrogens is 312 g/mol. The van der Waals surface area contributed by atoms with Gasteiger partial charge in [0.15, 0.2) is 0 Å². The third kappa shape index (κ3) is 3.12. The summed E-state index contributed by atoms with van der Waals surface area (Å²) >= 11 is 0. The molecule has 0 aromatic carbocycles. The topological polar surface area (TPSA) is 51.2 Å². The van der Waals surface area contributed by atoms with Crippen LogP contribution in [0, 0.1) is 23.2 Å². The van der Waals surface area contributed by atoms with Crippen molar-refractivity contribution < 1.29 is 9.53 Å². The van der Waals surface area contributed by atoms with Crippen molar-refractivity contribution in [1.29, 1.82) is 0 Å². The van der Waals surface area contributed by atoms with E-state index in [2.05, 4.69) is 23.8 Å². The van der Waals surface area contributed by atoms with Crippen molar-refractivity contribution in [2.24, 2.45) is 23.2 Å². The number of allylic oxidation sites excluding steroid dienone is 1. The summed E-state index contributed by atoms with van der Waals surface area (Å²) in [4.78, 5) is 16.8. The number of aromatic nitrogens is 1. The first-order valence-electron chi connectivity index (χ1n) is 9.55. The van der Waals surface area contributed by atoms with Crippen LogP contribution in [0.2, 0.25) is 0 Å². The van der Waals surface area contributed by atoms with Gasteiger partial charge in [-0.2, -0.15) is 0 Å². The SMILES string of the molecule is C=C1CCCC2(C)CC3OC(=O)C(CNCc4ccccn4)C3CC12. The second-order valence-corrected chi connectivity index (χ2v) is 8.36. The van der Waals surface area contributed by atoms with Gasteiger partial charge in [0.1, 0.15) is 6.10 Å². The first-order chi connectivity index (χ1) is 12.1. The number of fused-ring (bicyclic) bond motifs is 2. The van der Waals surface area contributed by atoms with Gasteiger partial charge < -0.3 is 10.1 Å². The minimum atomic E-state index is -0.0343. The molecule has 0 amide bonds. The van der Waals surface area contributed by atoms with E-state index >= 15 is 0 Å². The molecule has 4 heteroatoms. The number of carbonyl (C=O) groups is 1. The largest absolute Gasteiger partial charge is 0.462 e. The smallest absolute Gasteiger partial charge is 0.310 e. The number of rotatable bonds is 4. The van der Waals surface area contributed by atoms with Gasteiger partial charge in [0, 0.05) is 25.2 Å². The molecule has 1 N–H and O–H groups in total. The lowest BCUT2D eigenvalue weighted by Crippen LogP contribution is -2.45. The zero-order valence-electron chi connectivity index (χ0n) is 15.0. The number of nitrogens with one attached hydrogen (secondary N) is 1. The monoisotopic (exact) mass is 340 g/mol. The molecule has 1 saturated heterocycles. The normalized spacial score (nSPS) is 37.3. The van der Waals surface area contributed by atoms with Gasteiger partial charge >= 0.3 is 5.97 Å². The predicted octanol–water partition coefficient (Wildman–Crippen LogP) is 3.49. The van der Waals surface area contributed by atoms with Crippen molar-refractivity contribution in [1.82, 2.24) is 10.3 Å². The molecular formula is C21H28N2O2. The molecule has 0 spiro atoms. The lowest BCUT2D eigenvalue weighted by Gasteiger charge is -2.50. The van der Waals surface area contributed by atoms with Crippen LogP contribution in [0.15, 0.2) is 36.5 Å². The zero-order chi connectivity index (χ0) is 17.4. The number of nitrogens with zero attached hydrogens (tertiary/aromatic N) is 1. The Balaban J connectivity index is 1.42. The highest BCUT2D eigenvalue weighted by Gasteiger charge is 2.54. The molecule has 4 rings (SSSR count). The maximum atomic E-state index is 12.5. The zero-order valence-corrected chi connectivity index (χ0v) is 15.0. The fourth-order valence-electron chi connectivity index (χ4n) is 5.35. The summed E-state index contributed by atoms with van der Waals surface area (Å²) in [7, 11) is 0. The Labute approximate surface area is 150 Å². The maximum Gasteiger partial charge on any atom is 0.310 e. The molecule has 3 aliphatic rings. The summed E-state index contributed by atoms with van der Waals surface area (Å²) in [6.07, 6.45) is 7.57. The van der Waals surface area contributed by atoms with Crippen LogP contribution in [0.3, 0.4) is 0 Å². The summed E-state index contributed by atoms with van der Waals surface area (Å²) in [5, 5.41) is 3.41. The van der Waals surface area contributed by atoms with Crippen molar-refractivity contribution in [2.45, 2.75) is 51.7 Å². The van der Waals surface area contributed by atoms with Gasteiger partial charge in [0.25, 0.3) is 0 Å². The first kappa shape index (κ1) is 16.8. The molecule has 0 radical (unpaired) electrons. The quantitative estimate of drug-likeness (QED) is 0.673. The van der Waals surface area contributed by atoms with Crippen LogP contribution in [0.1, 0.15) is 44.7 Å². The third-order valence-electron chi connectivity index (χ3n) is 6.72. The highest BCUT2D eigenvalue weighted by Crippen LogP contribution is 2.56. The van der Waals surface area contributed by atoms with Gasteiger partial charge in [-0.3, -0.25) is 9.78 Å². The van der Waals surface area contributed by atoms with Crippen LogP contribution in [0.5, 0.6) is 0 Å². The number of esters is 1. The molecule has 5 unspecified atom stereocenters. The van der Waals surface area contributed by atoms with Gasteiger partial charge in [-0.1, -0.05) is 25.1 Å². The van der Waals surface area contributed by atoms with Crippen molar-refractivity contribution >= 4 is 5.97 Å². The minimum absolute atomic E-state index is 0.0172. The third-order valence-corrected chi connectivity index (χ3v) is 6.72. The van der Waals surface area contributed by atoms with Crippen LogP contribution >= 0.6 is 0 Å². The molecule has 134 valence electrons. The first-order valence-corrected chi connectivity index (χ1v) is 9.55. The molecule has 4 nitrogen and oxygen atoms in total. The van der Waals surface area contributed by atoms with Crippen molar-refractivity contribution in [3.8, 4) is 0 Å². The summed E-state index contributed by atoms with van der Waals surface area (Å²) in [6.45, 7) is 8.09. The Morgan fingerprint density at radius 2 is 2.32 bits per heavy atom. The van der Waals surface area contributed by atoms with Crippen molar-refractivity contribution in [3.05, 3.63) is 42.2 Å². The lowest BCUT2D eigenvalue weighted by atomic mass is 9.55. The summed E-state index contributed by atoms with van der Waals surface area (Å²) in [5.41, 5.74) is 2.67. The van der Waals surface area contributed by atoms with Crippen molar-refractivity contribution in [3.63, 3.8) is 0 Å². The fourth-order valence-corrected chi connectivity index (χ4v) is 5.35. The van der Waals surface area contributed by atoms with Crippen molar-refractivity contribution in [2.75, 3.05) is 6.54 Å². The van der Waals surface area contributed by atoms with Gasteiger partial charge in [-0.05, 0) is 55.6 Å². The molecule has 3 fully saturated rings. The molecule has 1 aliphatic heterocycles. The number of ether oxygens (including phenoxy) is 1. The van der Waals surface area contributed by atoms with E-state index in [-0.39, 0.29) is 23.4 Å². The van der Waals surface area contributed by atoms with Crippen LogP contribution in [0.4, 0.5) is 0 Å². The Hall–Kier alpha value is -1.68. The number of hydrogen-bond acceptors (Lipinski definition) is 4. The molecule has 1 aromatic heterocycles. The fraction of sp³-hybridized carbons (Fsp3) is 0.619. The van der Waals surface area contributed by atoms with E-state index in [9.17, 15) is 4.79 Å².